The fraction of sp³-hybridized carbons (Fsp3) is 0.611. The Hall–Kier alpha value is -2.16. The molecule has 8 nitrogen and oxygen atoms in total. The van der Waals surface area contributed by atoms with Crippen molar-refractivity contribution in [2.24, 2.45) is 0 Å². The summed E-state index contributed by atoms with van der Waals surface area (Å²) in [5, 5.41) is 11.6. The van der Waals surface area contributed by atoms with Crippen LogP contribution in [-0.4, -0.2) is 61.3 Å². The van der Waals surface area contributed by atoms with Crippen molar-refractivity contribution in [3.63, 3.8) is 0 Å². The lowest BCUT2D eigenvalue weighted by Crippen LogP contribution is -2.48. The first-order valence-electron chi connectivity index (χ1n) is 9.15. The van der Waals surface area contributed by atoms with Gasteiger partial charge in [0.15, 0.2) is 9.84 Å². The van der Waals surface area contributed by atoms with E-state index in [9.17, 15) is 23.3 Å². The average molecular weight is 395 g/mol. The van der Waals surface area contributed by atoms with Crippen LogP contribution >= 0.6 is 0 Å². The van der Waals surface area contributed by atoms with E-state index in [1.54, 1.807) is 26.1 Å². The third-order valence-electron chi connectivity index (χ3n) is 5.71. The SMILES string of the molecule is CN(C(=O)c1ccc(N2CCCCC2)c([N+](=O)[O-])c1)[C@]1(C)CCS(=O)(=O)C1. The van der Waals surface area contributed by atoms with Crippen molar-refractivity contribution in [2.75, 3.05) is 36.5 Å². The summed E-state index contributed by atoms with van der Waals surface area (Å²) in [6, 6.07) is 4.55. The first-order chi connectivity index (χ1) is 12.6. The van der Waals surface area contributed by atoms with Gasteiger partial charge < -0.3 is 9.80 Å². The molecule has 1 amide bonds. The standard InChI is InChI=1S/C18H25N3O5S/c1-18(8-11-27(25,26)13-18)19(2)17(22)14-6-7-15(16(12-14)21(23)24)20-9-4-3-5-10-20/h6-7,12H,3-5,8-11,13H2,1-2H3/t18-/m1/s1. The zero-order valence-corrected chi connectivity index (χ0v) is 16.5. The van der Waals surface area contributed by atoms with Crippen LogP contribution in [0.4, 0.5) is 11.4 Å². The minimum absolute atomic E-state index is 0.0508. The molecule has 2 heterocycles. The highest BCUT2D eigenvalue weighted by molar-refractivity contribution is 7.91. The number of carbonyl (C=O) groups is 1. The van der Waals surface area contributed by atoms with Crippen LogP contribution in [-0.2, 0) is 9.84 Å². The molecule has 0 saturated carbocycles. The van der Waals surface area contributed by atoms with E-state index in [0.29, 0.717) is 12.1 Å². The van der Waals surface area contributed by atoms with E-state index >= 15 is 0 Å². The lowest BCUT2D eigenvalue weighted by Gasteiger charge is -2.34. The van der Waals surface area contributed by atoms with E-state index in [1.807, 2.05) is 4.90 Å². The van der Waals surface area contributed by atoms with Crippen molar-refractivity contribution >= 4 is 27.1 Å². The zero-order valence-electron chi connectivity index (χ0n) is 15.7. The number of nitro benzene ring substituents is 1. The molecule has 1 aromatic rings. The highest BCUT2D eigenvalue weighted by atomic mass is 32.2. The monoisotopic (exact) mass is 395 g/mol. The Bertz CT molecular complexity index is 864. The Morgan fingerprint density at radius 1 is 1.26 bits per heavy atom. The van der Waals surface area contributed by atoms with Gasteiger partial charge in [-0.3, -0.25) is 14.9 Å². The largest absolute Gasteiger partial charge is 0.366 e. The van der Waals surface area contributed by atoms with E-state index in [1.165, 1.54) is 11.0 Å². The molecule has 0 N–H and O–H groups in total. The minimum atomic E-state index is -3.17. The summed E-state index contributed by atoms with van der Waals surface area (Å²) in [4.78, 5) is 27.4. The number of sulfone groups is 1. The van der Waals surface area contributed by atoms with Gasteiger partial charge in [-0.25, -0.2) is 8.42 Å². The van der Waals surface area contributed by atoms with Crippen molar-refractivity contribution in [3.8, 4) is 0 Å². The van der Waals surface area contributed by atoms with Gasteiger partial charge in [0.2, 0.25) is 0 Å². The third-order valence-corrected chi connectivity index (χ3v) is 7.60. The number of anilines is 1. The van der Waals surface area contributed by atoms with E-state index in [4.69, 9.17) is 0 Å². The molecule has 1 atom stereocenters. The molecule has 2 fully saturated rings. The molecular formula is C18H25N3O5S. The highest BCUT2D eigenvalue weighted by Gasteiger charge is 2.43. The van der Waals surface area contributed by atoms with Crippen LogP contribution in [0.2, 0.25) is 0 Å². The summed E-state index contributed by atoms with van der Waals surface area (Å²) in [5.74, 6) is -0.436. The van der Waals surface area contributed by atoms with Gasteiger partial charge in [-0.05, 0) is 44.7 Å². The van der Waals surface area contributed by atoms with E-state index < -0.39 is 26.2 Å². The molecule has 0 radical (unpaired) electrons. The molecule has 0 unspecified atom stereocenters. The van der Waals surface area contributed by atoms with Crippen LogP contribution in [0.25, 0.3) is 0 Å². The molecular weight excluding hydrogens is 370 g/mol. The number of rotatable bonds is 4. The molecule has 1 aromatic carbocycles. The van der Waals surface area contributed by atoms with Gasteiger partial charge in [-0.2, -0.15) is 0 Å². The number of nitro groups is 1. The van der Waals surface area contributed by atoms with Gasteiger partial charge in [0, 0.05) is 31.8 Å². The maximum Gasteiger partial charge on any atom is 0.293 e. The van der Waals surface area contributed by atoms with Crippen molar-refractivity contribution in [1.29, 1.82) is 0 Å². The first kappa shape index (κ1) is 19.6. The second-order valence-corrected chi connectivity index (χ2v) is 9.90. The maximum absolute atomic E-state index is 12.9. The molecule has 0 bridgehead atoms. The lowest BCUT2D eigenvalue weighted by molar-refractivity contribution is -0.384. The number of piperidine rings is 1. The number of amides is 1. The van der Waals surface area contributed by atoms with E-state index in [-0.39, 0.29) is 22.8 Å². The molecule has 27 heavy (non-hydrogen) atoms. The van der Waals surface area contributed by atoms with E-state index in [0.717, 1.165) is 32.4 Å². The topological polar surface area (TPSA) is 101 Å². The number of hydrogen-bond donors (Lipinski definition) is 0. The first-order valence-corrected chi connectivity index (χ1v) is 11.0. The molecule has 2 aliphatic rings. The summed E-state index contributed by atoms with van der Waals surface area (Å²) in [6.07, 6.45) is 3.47. The molecule has 0 spiro atoms. The Kier molecular flexibility index (Phi) is 5.16. The smallest absolute Gasteiger partial charge is 0.293 e. The Morgan fingerprint density at radius 3 is 2.48 bits per heavy atom. The Labute approximate surface area is 159 Å². The van der Waals surface area contributed by atoms with Gasteiger partial charge in [0.1, 0.15) is 5.69 Å². The minimum Gasteiger partial charge on any atom is -0.366 e. The van der Waals surface area contributed by atoms with Crippen LogP contribution in [0.3, 0.4) is 0 Å². The molecule has 148 valence electrons. The third kappa shape index (κ3) is 3.92. The van der Waals surface area contributed by atoms with Crippen molar-refractivity contribution < 1.29 is 18.1 Å². The van der Waals surface area contributed by atoms with E-state index in [2.05, 4.69) is 0 Å². The van der Waals surface area contributed by atoms with Gasteiger partial charge in [0.25, 0.3) is 11.6 Å². The van der Waals surface area contributed by atoms with Crippen LogP contribution in [0, 0.1) is 10.1 Å². The van der Waals surface area contributed by atoms with Gasteiger partial charge in [0.05, 0.1) is 22.0 Å². The molecule has 3 rings (SSSR count). The second-order valence-electron chi connectivity index (χ2n) is 7.71. The highest BCUT2D eigenvalue weighted by Crippen LogP contribution is 2.33. The molecule has 2 saturated heterocycles. The van der Waals surface area contributed by atoms with Crippen LogP contribution in [0.15, 0.2) is 18.2 Å². The summed E-state index contributed by atoms with van der Waals surface area (Å²) in [7, 11) is -1.60. The fourth-order valence-corrected chi connectivity index (χ4v) is 6.08. The van der Waals surface area contributed by atoms with Crippen LogP contribution in [0.1, 0.15) is 43.0 Å². The normalized spacial score (nSPS) is 24.6. The Balaban J connectivity index is 1.89. The number of benzene rings is 1. The van der Waals surface area contributed by atoms with Crippen molar-refractivity contribution in [3.05, 3.63) is 33.9 Å². The van der Waals surface area contributed by atoms with Gasteiger partial charge in [-0.15, -0.1) is 0 Å². The number of carbonyl (C=O) groups excluding carboxylic acids is 1. The zero-order chi connectivity index (χ0) is 19.8. The van der Waals surface area contributed by atoms with Gasteiger partial charge >= 0.3 is 0 Å². The van der Waals surface area contributed by atoms with Crippen molar-refractivity contribution in [2.45, 2.75) is 38.1 Å². The summed E-state index contributed by atoms with van der Waals surface area (Å²) in [5.41, 5.74) is -0.139. The number of nitrogens with zero attached hydrogens (tertiary/aromatic N) is 3. The molecule has 0 aliphatic carbocycles. The summed E-state index contributed by atoms with van der Waals surface area (Å²) < 4.78 is 23.7. The predicted octanol–water partition coefficient (Wildman–Crippen LogP) is 2.23. The molecule has 0 aromatic heterocycles. The predicted molar refractivity (Wildman–Crippen MR) is 103 cm³/mol. The van der Waals surface area contributed by atoms with Gasteiger partial charge in [-0.1, -0.05) is 0 Å². The fourth-order valence-electron chi connectivity index (χ4n) is 3.90. The summed E-state index contributed by atoms with van der Waals surface area (Å²) in [6.45, 7) is 3.28. The van der Waals surface area contributed by atoms with Crippen LogP contribution < -0.4 is 4.90 Å². The average Bonchev–Trinajstić information content (AvgIpc) is 2.94. The maximum atomic E-state index is 12.9. The summed E-state index contributed by atoms with van der Waals surface area (Å²) >= 11 is 0. The quantitative estimate of drug-likeness (QED) is 0.572. The van der Waals surface area contributed by atoms with Crippen molar-refractivity contribution in [1.82, 2.24) is 4.90 Å². The van der Waals surface area contributed by atoms with Crippen LogP contribution in [0.5, 0.6) is 0 Å². The Morgan fingerprint density at radius 2 is 1.93 bits per heavy atom. The second kappa shape index (κ2) is 7.10. The lowest BCUT2D eigenvalue weighted by atomic mass is 9.98. The molecule has 2 aliphatic heterocycles. The number of hydrogen-bond acceptors (Lipinski definition) is 6. The molecule has 9 heteroatoms.